The monoisotopic (exact) mass is 419 g/mol. The number of hydroxylamine groups is 1. The van der Waals surface area contributed by atoms with Crippen LogP contribution in [0.25, 0.3) is 17.1 Å². The molecule has 0 aliphatic carbocycles. The Morgan fingerprint density at radius 2 is 2.10 bits per heavy atom. The van der Waals surface area contributed by atoms with Gasteiger partial charge in [-0.25, -0.2) is 15.3 Å². The van der Waals surface area contributed by atoms with E-state index in [0.717, 1.165) is 53.7 Å². The molecule has 0 spiro atoms. The van der Waals surface area contributed by atoms with Crippen LogP contribution in [0.2, 0.25) is 0 Å². The number of carbonyl (C=O) groups excluding carboxylic acids is 1. The van der Waals surface area contributed by atoms with E-state index in [1.807, 2.05) is 12.1 Å². The summed E-state index contributed by atoms with van der Waals surface area (Å²) in [5.74, 6) is 1.13. The highest BCUT2D eigenvalue weighted by Gasteiger charge is 2.15. The van der Waals surface area contributed by atoms with Crippen LogP contribution in [0.15, 0.2) is 48.5 Å². The lowest BCUT2D eigenvalue weighted by Crippen LogP contribution is -2.32. The van der Waals surface area contributed by atoms with Gasteiger partial charge >= 0.3 is 0 Å². The first kappa shape index (κ1) is 21.3. The number of rotatable bonds is 7. The third kappa shape index (κ3) is 5.81. The van der Waals surface area contributed by atoms with Crippen molar-refractivity contribution in [2.24, 2.45) is 0 Å². The zero-order valence-electron chi connectivity index (χ0n) is 18.1. The fourth-order valence-corrected chi connectivity index (χ4v) is 3.60. The number of hydrogen-bond acceptors (Lipinski definition) is 4. The van der Waals surface area contributed by atoms with Crippen LogP contribution in [-0.2, 0) is 20.8 Å². The fourth-order valence-electron chi connectivity index (χ4n) is 3.60. The molecule has 162 valence electrons. The minimum absolute atomic E-state index is 0.304. The molecule has 0 radical (unpaired) electrons. The Kier molecular flexibility index (Phi) is 6.79. The molecular formula is C25H29N3O3. The van der Waals surface area contributed by atoms with E-state index >= 15 is 0 Å². The molecule has 1 aliphatic heterocycles. The maximum absolute atomic E-state index is 11.9. The minimum Gasteiger partial charge on any atom is -0.350 e. The molecule has 3 aromatic rings. The molecule has 6 heteroatoms. The summed E-state index contributed by atoms with van der Waals surface area (Å²) in [7, 11) is 0. The zero-order chi connectivity index (χ0) is 21.6. The molecule has 1 fully saturated rings. The van der Waals surface area contributed by atoms with Crippen LogP contribution < -0.4 is 5.48 Å². The number of aromatic amines is 1. The van der Waals surface area contributed by atoms with Crippen molar-refractivity contribution < 1.29 is 14.4 Å². The Bertz CT molecular complexity index is 1050. The lowest BCUT2D eigenvalue weighted by molar-refractivity contribution is -0.198. The largest absolute Gasteiger partial charge is 0.350 e. The maximum atomic E-state index is 11.9. The molecule has 31 heavy (non-hydrogen) atoms. The van der Waals surface area contributed by atoms with Gasteiger partial charge in [-0.3, -0.25) is 4.79 Å². The minimum atomic E-state index is -0.347. The molecule has 4 rings (SSSR count). The van der Waals surface area contributed by atoms with Crippen molar-refractivity contribution >= 4 is 23.0 Å². The average molecular weight is 420 g/mol. The highest BCUT2D eigenvalue weighted by molar-refractivity contribution is 5.90. The van der Waals surface area contributed by atoms with Crippen molar-refractivity contribution in [2.45, 2.75) is 51.7 Å². The molecule has 6 nitrogen and oxygen atoms in total. The fraction of sp³-hybridized carbons (Fsp3) is 0.360. The molecule has 2 heterocycles. The topological polar surface area (TPSA) is 76.2 Å². The lowest BCUT2D eigenvalue weighted by Gasteiger charge is -2.21. The highest BCUT2D eigenvalue weighted by Crippen LogP contribution is 2.21. The Labute approximate surface area is 182 Å². The Morgan fingerprint density at radius 1 is 1.26 bits per heavy atom. The summed E-state index contributed by atoms with van der Waals surface area (Å²) < 4.78 is 5.42. The Hall–Kier alpha value is -2.96. The van der Waals surface area contributed by atoms with Crippen molar-refractivity contribution in [1.82, 2.24) is 15.4 Å². The summed E-state index contributed by atoms with van der Waals surface area (Å²) in [5, 5.41) is 0. The number of H-pyrrole nitrogens is 1. The first-order chi connectivity index (χ1) is 15.1. The predicted molar refractivity (Wildman–Crippen MR) is 121 cm³/mol. The van der Waals surface area contributed by atoms with Crippen LogP contribution in [0.5, 0.6) is 0 Å². The smallest absolute Gasteiger partial charge is 0.267 e. The second-order valence-corrected chi connectivity index (χ2v) is 8.25. The van der Waals surface area contributed by atoms with Crippen molar-refractivity contribution in [3.8, 4) is 0 Å². The Morgan fingerprint density at radius 3 is 2.84 bits per heavy atom. The molecule has 2 aromatic carbocycles. The van der Waals surface area contributed by atoms with Gasteiger partial charge < -0.3 is 9.72 Å². The van der Waals surface area contributed by atoms with Crippen molar-refractivity contribution in [2.75, 3.05) is 6.61 Å². The normalized spacial score (nSPS) is 16.9. The summed E-state index contributed by atoms with van der Waals surface area (Å²) in [6.07, 6.45) is 6.50. The molecule has 1 aromatic heterocycles. The molecule has 1 saturated heterocycles. The van der Waals surface area contributed by atoms with E-state index in [4.69, 9.17) is 14.6 Å². The van der Waals surface area contributed by atoms with Gasteiger partial charge in [-0.05, 0) is 53.7 Å². The number of fused-ring (bicyclic) bond motifs is 1. The standard InChI is InChI=1S/C25H29N3O3/c1-17(2)20-11-12-21-22(16-20)27-23(26-21)15-19-8-6-18(7-9-19)10-13-24(29)28-31-25-5-3-4-14-30-25/h6-13,16-17,25H,3-5,14-15H2,1-2H3,(H,26,27)(H,28,29). The molecule has 1 amide bonds. The second-order valence-electron chi connectivity index (χ2n) is 8.25. The van der Waals surface area contributed by atoms with Gasteiger partial charge in [0.05, 0.1) is 11.0 Å². The van der Waals surface area contributed by atoms with Crippen LogP contribution in [0.3, 0.4) is 0 Å². The number of nitrogens with one attached hydrogen (secondary N) is 2. The third-order valence-electron chi connectivity index (χ3n) is 5.43. The molecule has 1 unspecified atom stereocenters. The molecule has 2 N–H and O–H groups in total. The number of carbonyl (C=O) groups is 1. The quantitative estimate of drug-likeness (QED) is 0.423. The highest BCUT2D eigenvalue weighted by atomic mass is 16.8. The van der Waals surface area contributed by atoms with Gasteiger partial charge in [-0.15, -0.1) is 0 Å². The third-order valence-corrected chi connectivity index (χ3v) is 5.43. The number of ether oxygens (including phenoxy) is 1. The van der Waals surface area contributed by atoms with E-state index in [9.17, 15) is 4.79 Å². The van der Waals surface area contributed by atoms with Gasteiger partial charge in [0.1, 0.15) is 5.82 Å². The number of benzene rings is 2. The van der Waals surface area contributed by atoms with Crippen LogP contribution in [0, 0.1) is 0 Å². The van der Waals surface area contributed by atoms with Crippen LogP contribution >= 0.6 is 0 Å². The molecule has 0 saturated carbocycles. The summed E-state index contributed by atoms with van der Waals surface area (Å²) in [6.45, 7) is 5.06. The maximum Gasteiger partial charge on any atom is 0.267 e. The van der Waals surface area contributed by atoms with E-state index in [-0.39, 0.29) is 12.2 Å². The van der Waals surface area contributed by atoms with Gasteiger partial charge in [0.2, 0.25) is 0 Å². The summed E-state index contributed by atoms with van der Waals surface area (Å²) in [4.78, 5) is 25.3. The van der Waals surface area contributed by atoms with Gasteiger partial charge in [-0.2, -0.15) is 0 Å². The predicted octanol–water partition coefficient (Wildman–Crippen LogP) is 4.86. The summed E-state index contributed by atoms with van der Waals surface area (Å²) in [5.41, 5.74) is 7.90. The summed E-state index contributed by atoms with van der Waals surface area (Å²) >= 11 is 0. The Balaban J connectivity index is 1.32. The zero-order valence-corrected chi connectivity index (χ0v) is 18.1. The van der Waals surface area contributed by atoms with Crippen molar-refractivity contribution in [3.05, 3.63) is 71.1 Å². The first-order valence-corrected chi connectivity index (χ1v) is 10.9. The molecular weight excluding hydrogens is 390 g/mol. The van der Waals surface area contributed by atoms with Crippen LogP contribution in [0.4, 0.5) is 0 Å². The number of aromatic nitrogens is 2. The van der Waals surface area contributed by atoms with E-state index in [1.165, 1.54) is 11.6 Å². The molecule has 1 atom stereocenters. The van der Waals surface area contributed by atoms with Gasteiger partial charge in [0, 0.05) is 25.5 Å². The van der Waals surface area contributed by atoms with Gasteiger partial charge in [0.15, 0.2) is 6.29 Å². The average Bonchev–Trinajstić information content (AvgIpc) is 3.19. The number of imidazole rings is 1. The van der Waals surface area contributed by atoms with Crippen LogP contribution in [0.1, 0.15) is 61.5 Å². The molecule has 0 bridgehead atoms. The van der Waals surface area contributed by atoms with Crippen molar-refractivity contribution in [1.29, 1.82) is 0 Å². The van der Waals surface area contributed by atoms with E-state index in [2.05, 4.69) is 54.6 Å². The van der Waals surface area contributed by atoms with Gasteiger partial charge in [-0.1, -0.05) is 44.2 Å². The van der Waals surface area contributed by atoms with E-state index in [1.54, 1.807) is 6.08 Å². The number of hydrogen-bond donors (Lipinski definition) is 2. The number of nitrogens with zero attached hydrogens (tertiary/aromatic N) is 1. The van der Waals surface area contributed by atoms with E-state index in [0.29, 0.717) is 12.5 Å². The molecule has 1 aliphatic rings. The lowest BCUT2D eigenvalue weighted by atomic mass is 10.0. The first-order valence-electron chi connectivity index (χ1n) is 10.9. The van der Waals surface area contributed by atoms with E-state index < -0.39 is 0 Å². The second kappa shape index (κ2) is 9.90. The summed E-state index contributed by atoms with van der Waals surface area (Å²) in [6, 6.07) is 14.5. The number of amides is 1. The van der Waals surface area contributed by atoms with Gasteiger partial charge in [0.25, 0.3) is 5.91 Å². The SMILES string of the molecule is CC(C)c1ccc2nc(Cc3ccc(C=CC(=O)NOC4CCCCO4)cc3)[nH]c2c1. The van der Waals surface area contributed by atoms with Crippen LogP contribution in [-0.4, -0.2) is 28.8 Å². The van der Waals surface area contributed by atoms with Crippen molar-refractivity contribution in [3.63, 3.8) is 0 Å².